The maximum absolute atomic E-state index is 11.8. The summed E-state index contributed by atoms with van der Waals surface area (Å²) in [5.41, 5.74) is 1.63. The SMILES string of the molecule is CCc1nc2c(N/C(=C/C(=O)OC)C(=O)OC)cccc2o1. The summed E-state index contributed by atoms with van der Waals surface area (Å²) in [6.07, 6.45) is 1.67. The third kappa shape index (κ3) is 3.25. The number of ether oxygens (including phenoxy) is 2. The Morgan fingerprint density at radius 2 is 2.09 bits per heavy atom. The van der Waals surface area contributed by atoms with E-state index in [0.717, 1.165) is 6.08 Å². The van der Waals surface area contributed by atoms with Crippen molar-refractivity contribution in [3.63, 3.8) is 0 Å². The number of para-hydroxylation sites is 1. The zero-order valence-corrected chi connectivity index (χ0v) is 12.5. The molecule has 22 heavy (non-hydrogen) atoms. The fourth-order valence-electron chi connectivity index (χ4n) is 1.82. The van der Waals surface area contributed by atoms with Crippen molar-refractivity contribution in [2.24, 2.45) is 0 Å². The predicted molar refractivity (Wildman–Crippen MR) is 79.1 cm³/mol. The second-order valence-electron chi connectivity index (χ2n) is 4.31. The van der Waals surface area contributed by atoms with E-state index in [2.05, 4.69) is 19.8 Å². The molecule has 0 saturated heterocycles. The minimum atomic E-state index is -0.693. The maximum atomic E-state index is 11.8. The molecule has 0 aliphatic carbocycles. The minimum absolute atomic E-state index is 0.0529. The normalized spacial score (nSPS) is 11.3. The molecule has 2 aromatic rings. The molecular weight excluding hydrogens is 288 g/mol. The number of fused-ring (bicyclic) bond motifs is 1. The number of benzene rings is 1. The molecule has 0 saturated carbocycles. The smallest absolute Gasteiger partial charge is 0.354 e. The second kappa shape index (κ2) is 6.75. The lowest BCUT2D eigenvalue weighted by Crippen LogP contribution is -2.15. The topological polar surface area (TPSA) is 90.7 Å². The van der Waals surface area contributed by atoms with Gasteiger partial charge in [0.05, 0.1) is 26.0 Å². The molecule has 0 bridgehead atoms. The third-order valence-corrected chi connectivity index (χ3v) is 2.90. The fourth-order valence-corrected chi connectivity index (χ4v) is 1.82. The van der Waals surface area contributed by atoms with Crippen LogP contribution in [0.25, 0.3) is 11.1 Å². The van der Waals surface area contributed by atoms with Gasteiger partial charge in [-0.25, -0.2) is 14.6 Å². The van der Waals surface area contributed by atoms with E-state index >= 15 is 0 Å². The average Bonchev–Trinajstić information content (AvgIpc) is 2.97. The molecule has 0 atom stereocenters. The van der Waals surface area contributed by atoms with Gasteiger partial charge in [0.25, 0.3) is 0 Å². The van der Waals surface area contributed by atoms with E-state index in [1.54, 1.807) is 18.2 Å². The summed E-state index contributed by atoms with van der Waals surface area (Å²) < 4.78 is 14.7. The first-order valence-corrected chi connectivity index (χ1v) is 6.62. The molecule has 0 aliphatic rings. The molecule has 1 aromatic heterocycles. The van der Waals surface area contributed by atoms with Crippen LogP contribution in [-0.2, 0) is 25.5 Å². The highest BCUT2D eigenvalue weighted by Crippen LogP contribution is 2.25. The van der Waals surface area contributed by atoms with Crippen LogP contribution in [0.3, 0.4) is 0 Å². The number of anilines is 1. The number of carbonyl (C=O) groups is 2. The van der Waals surface area contributed by atoms with Gasteiger partial charge in [-0.15, -0.1) is 0 Å². The number of aromatic nitrogens is 1. The van der Waals surface area contributed by atoms with Crippen molar-refractivity contribution in [1.29, 1.82) is 0 Å². The molecule has 0 radical (unpaired) electrons. The first kappa shape index (κ1) is 15.6. The zero-order valence-electron chi connectivity index (χ0n) is 12.5. The highest BCUT2D eigenvalue weighted by Gasteiger charge is 2.16. The number of nitrogens with one attached hydrogen (secondary N) is 1. The maximum Gasteiger partial charge on any atom is 0.354 e. The standard InChI is InChI=1S/C15H16N2O5/c1-4-12-17-14-9(6-5-7-11(14)22-12)16-10(15(19)21-3)8-13(18)20-2/h5-8,16H,4H2,1-3H3/b10-8+. The third-order valence-electron chi connectivity index (χ3n) is 2.90. The quantitative estimate of drug-likeness (QED) is 0.667. The van der Waals surface area contributed by atoms with Gasteiger partial charge in [0, 0.05) is 6.42 Å². The predicted octanol–water partition coefficient (Wildman–Crippen LogP) is 2.03. The molecule has 116 valence electrons. The summed E-state index contributed by atoms with van der Waals surface area (Å²) in [5.74, 6) is -0.781. The van der Waals surface area contributed by atoms with Crippen molar-refractivity contribution >= 4 is 28.7 Å². The van der Waals surface area contributed by atoms with E-state index in [4.69, 9.17) is 4.42 Å². The number of methoxy groups -OCH3 is 2. The molecule has 7 nitrogen and oxygen atoms in total. The summed E-state index contributed by atoms with van der Waals surface area (Å²) in [4.78, 5) is 27.5. The molecule has 1 heterocycles. The molecule has 7 heteroatoms. The Hall–Kier alpha value is -2.83. The lowest BCUT2D eigenvalue weighted by molar-refractivity contribution is -0.138. The van der Waals surface area contributed by atoms with Crippen LogP contribution in [0, 0.1) is 0 Å². The molecule has 0 unspecified atom stereocenters. The van der Waals surface area contributed by atoms with Crippen LogP contribution >= 0.6 is 0 Å². The van der Waals surface area contributed by atoms with Crippen molar-refractivity contribution in [1.82, 2.24) is 4.98 Å². The van der Waals surface area contributed by atoms with Gasteiger partial charge in [0.15, 0.2) is 11.5 Å². The molecule has 1 N–H and O–H groups in total. The van der Waals surface area contributed by atoms with E-state index in [1.807, 2.05) is 6.92 Å². The van der Waals surface area contributed by atoms with E-state index in [0.29, 0.717) is 29.1 Å². The van der Waals surface area contributed by atoms with E-state index < -0.39 is 11.9 Å². The lowest BCUT2D eigenvalue weighted by atomic mass is 10.2. The number of nitrogens with zero attached hydrogens (tertiary/aromatic N) is 1. The largest absolute Gasteiger partial charge is 0.466 e. The number of hydrogen-bond donors (Lipinski definition) is 1. The molecular formula is C15H16N2O5. The van der Waals surface area contributed by atoms with Crippen LogP contribution in [0.15, 0.2) is 34.4 Å². The highest BCUT2D eigenvalue weighted by atomic mass is 16.5. The molecule has 0 spiro atoms. The summed E-state index contributed by atoms with van der Waals surface area (Å²) in [5, 5.41) is 2.84. The Bertz CT molecular complexity index is 733. The lowest BCUT2D eigenvalue weighted by Gasteiger charge is -2.09. The van der Waals surface area contributed by atoms with Gasteiger partial charge in [0.1, 0.15) is 11.2 Å². The van der Waals surface area contributed by atoms with Crippen molar-refractivity contribution < 1.29 is 23.5 Å². The van der Waals surface area contributed by atoms with Gasteiger partial charge >= 0.3 is 11.9 Å². The van der Waals surface area contributed by atoms with Crippen LogP contribution in [0.2, 0.25) is 0 Å². The van der Waals surface area contributed by atoms with Gasteiger partial charge in [0.2, 0.25) is 0 Å². The average molecular weight is 304 g/mol. The van der Waals surface area contributed by atoms with Crippen LogP contribution < -0.4 is 5.32 Å². The first-order chi connectivity index (χ1) is 10.6. The zero-order chi connectivity index (χ0) is 16.1. The summed E-state index contributed by atoms with van der Waals surface area (Å²) in [6, 6.07) is 5.25. The van der Waals surface area contributed by atoms with Crippen LogP contribution in [0.4, 0.5) is 5.69 Å². The number of aryl methyl sites for hydroxylation is 1. The molecule has 0 fully saturated rings. The molecule has 1 aromatic carbocycles. The Balaban J connectivity index is 2.41. The fraction of sp³-hybridized carbons (Fsp3) is 0.267. The van der Waals surface area contributed by atoms with Gasteiger partial charge < -0.3 is 19.2 Å². The summed E-state index contributed by atoms with van der Waals surface area (Å²) in [7, 11) is 2.45. The Morgan fingerprint density at radius 3 is 2.73 bits per heavy atom. The van der Waals surface area contributed by atoms with Crippen molar-refractivity contribution in [2.75, 3.05) is 19.5 Å². The summed E-state index contributed by atoms with van der Waals surface area (Å²) >= 11 is 0. The van der Waals surface area contributed by atoms with Crippen LogP contribution in [0.5, 0.6) is 0 Å². The second-order valence-corrected chi connectivity index (χ2v) is 4.31. The Morgan fingerprint density at radius 1 is 1.32 bits per heavy atom. The first-order valence-electron chi connectivity index (χ1n) is 6.62. The van der Waals surface area contributed by atoms with E-state index in [-0.39, 0.29) is 5.70 Å². The van der Waals surface area contributed by atoms with Gasteiger partial charge in [-0.05, 0) is 12.1 Å². The number of oxazole rings is 1. The van der Waals surface area contributed by atoms with Gasteiger partial charge in [-0.3, -0.25) is 0 Å². The molecule has 0 amide bonds. The van der Waals surface area contributed by atoms with Crippen molar-refractivity contribution in [3.05, 3.63) is 35.9 Å². The van der Waals surface area contributed by atoms with Crippen molar-refractivity contribution in [3.8, 4) is 0 Å². The Kier molecular flexibility index (Phi) is 4.77. The van der Waals surface area contributed by atoms with Gasteiger partial charge in [-0.2, -0.15) is 0 Å². The molecule has 2 rings (SSSR count). The van der Waals surface area contributed by atoms with Crippen LogP contribution in [-0.4, -0.2) is 31.1 Å². The minimum Gasteiger partial charge on any atom is -0.466 e. The van der Waals surface area contributed by atoms with Crippen molar-refractivity contribution in [2.45, 2.75) is 13.3 Å². The van der Waals surface area contributed by atoms with Crippen LogP contribution in [0.1, 0.15) is 12.8 Å². The summed E-state index contributed by atoms with van der Waals surface area (Å²) in [6.45, 7) is 1.93. The van der Waals surface area contributed by atoms with E-state index in [9.17, 15) is 9.59 Å². The molecule has 0 aliphatic heterocycles. The Labute approximate surface area is 126 Å². The number of esters is 2. The monoisotopic (exact) mass is 304 g/mol. The van der Waals surface area contributed by atoms with Gasteiger partial charge in [-0.1, -0.05) is 13.0 Å². The van der Waals surface area contributed by atoms with E-state index in [1.165, 1.54) is 14.2 Å². The highest BCUT2D eigenvalue weighted by molar-refractivity contribution is 6.00. The number of carbonyl (C=O) groups excluding carboxylic acids is 2. The number of hydrogen-bond acceptors (Lipinski definition) is 7. The number of rotatable bonds is 5.